The zero-order chi connectivity index (χ0) is 15.2. The van der Waals surface area contributed by atoms with Crippen molar-refractivity contribution in [2.45, 2.75) is 25.7 Å². The molecule has 5 heteroatoms. The zero-order valence-electron chi connectivity index (χ0n) is 12.3. The molecule has 2 N–H and O–H groups in total. The van der Waals surface area contributed by atoms with Crippen LogP contribution >= 0.6 is 0 Å². The van der Waals surface area contributed by atoms with Crippen molar-refractivity contribution in [2.75, 3.05) is 26.2 Å². The van der Waals surface area contributed by atoms with Crippen molar-refractivity contribution in [1.82, 2.24) is 10.2 Å². The third-order valence-corrected chi connectivity index (χ3v) is 3.88. The van der Waals surface area contributed by atoms with Crippen molar-refractivity contribution < 1.29 is 14.7 Å². The smallest absolute Gasteiger partial charge is 0.335 e. The van der Waals surface area contributed by atoms with Crippen LogP contribution in [0.2, 0.25) is 0 Å². The van der Waals surface area contributed by atoms with E-state index in [2.05, 4.69) is 10.2 Å². The minimum Gasteiger partial charge on any atom is -0.478 e. The average Bonchev–Trinajstić information content (AvgIpc) is 2.48. The van der Waals surface area contributed by atoms with Crippen molar-refractivity contribution in [2.24, 2.45) is 0 Å². The number of carbonyl (C=O) groups is 2. The van der Waals surface area contributed by atoms with Crippen molar-refractivity contribution in [3.8, 4) is 0 Å². The summed E-state index contributed by atoms with van der Waals surface area (Å²) >= 11 is 0. The first-order chi connectivity index (χ1) is 10.1. The van der Waals surface area contributed by atoms with Crippen molar-refractivity contribution in [3.63, 3.8) is 0 Å². The number of hydrogen-bond acceptors (Lipinski definition) is 3. The third-order valence-electron chi connectivity index (χ3n) is 3.88. The highest BCUT2D eigenvalue weighted by atomic mass is 16.4. The summed E-state index contributed by atoms with van der Waals surface area (Å²) in [6.45, 7) is 4.82. The van der Waals surface area contributed by atoms with Crippen LogP contribution in [0.3, 0.4) is 0 Å². The lowest BCUT2D eigenvalue weighted by Crippen LogP contribution is -2.41. The van der Waals surface area contributed by atoms with Crippen LogP contribution in [-0.4, -0.2) is 48.1 Å². The number of nitrogens with one attached hydrogen (secondary N) is 1. The molecular weight excluding hydrogens is 268 g/mol. The van der Waals surface area contributed by atoms with Gasteiger partial charge in [-0.15, -0.1) is 0 Å². The minimum absolute atomic E-state index is 0.0689. The molecule has 0 spiro atoms. The number of carbonyl (C=O) groups excluding carboxylic acids is 1. The summed E-state index contributed by atoms with van der Waals surface area (Å²) in [5.41, 5.74) is 1.47. The Kier molecular flexibility index (Phi) is 5.33. The summed E-state index contributed by atoms with van der Waals surface area (Å²) < 4.78 is 0. The van der Waals surface area contributed by atoms with Crippen LogP contribution in [0, 0.1) is 0 Å². The molecule has 1 aliphatic heterocycles. The van der Waals surface area contributed by atoms with Crippen molar-refractivity contribution in [3.05, 3.63) is 35.4 Å². The number of rotatable bonds is 5. The van der Waals surface area contributed by atoms with Crippen LogP contribution in [0.15, 0.2) is 24.3 Å². The number of carboxylic acid groups (broad SMARTS) is 1. The molecule has 21 heavy (non-hydrogen) atoms. The Morgan fingerprint density at radius 2 is 2.05 bits per heavy atom. The van der Waals surface area contributed by atoms with Crippen LogP contribution in [0.25, 0.3) is 0 Å². The minimum atomic E-state index is -0.900. The fourth-order valence-corrected chi connectivity index (χ4v) is 2.83. The Morgan fingerprint density at radius 1 is 1.33 bits per heavy atom. The first kappa shape index (κ1) is 15.5. The maximum atomic E-state index is 11.7. The van der Waals surface area contributed by atoms with E-state index in [1.807, 2.05) is 19.1 Å². The van der Waals surface area contributed by atoms with Crippen LogP contribution in [-0.2, 0) is 4.79 Å². The highest BCUT2D eigenvalue weighted by Gasteiger charge is 2.22. The second kappa shape index (κ2) is 7.22. The van der Waals surface area contributed by atoms with E-state index in [-0.39, 0.29) is 5.91 Å². The number of carboxylic acids is 1. The summed E-state index contributed by atoms with van der Waals surface area (Å²) in [6, 6.07) is 7.09. The molecule has 5 nitrogen and oxygen atoms in total. The second-order valence-corrected chi connectivity index (χ2v) is 5.45. The monoisotopic (exact) mass is 290 g/mol. The van der Waals surface area contributed by atoms with E-state index in [0.717, 1.165) is 31.5 Å². The summed E-state index contributed by atoms with van der Waals surface area (Å²) in [4.78, 5) is 24.7. The Balaban J connectivity index is 1.97. The predicted octanol–water partition coefficient (Wildman–Crippen LogP) is 1.70. The molecule has 1 aromatic carbocycles. The SMILES string of the molecule is CCNC(=O)CN1CCC[C@H](c2ccc(C(=O)O)cc2)C1. The lowest BCUT2D eigenvalue weighted by molar-refractivity contribution is -0.122. The highest BCUT2D eigenvalue weighted by molar-refractivity contribution is 5.87. The molecule has 0 radical (unpaired) electrons. The van der Waals surface area contributed by atoms with Gasteiger partial charge < -0.3 is 10.4 Å². The fourth-order valence-electron chi connectivity index (χ4n) is 2.83. The largest absolute Gasteiger partial charge is 0.478 e. The molecule has 1 amide bonds. The van der Waals surface area contributed by atoms with Crippen LogP contribution in [0.1, 0.15) is 41.6 Å². The Bertz CT molecular complexity index is 499. The maximum Gasteiger partial charge on any atom is 0.335 e. The van der Waals surface area contributed by atoms with Gasteiger partial charge in [0.15, 0.2) is 0 Å². The van der Waals surface area contributed by atoms with E-state index in [9.17, 15) is 9.59 Å². The van der Waals surface area contributed by atoms with Crippen LogP contribution in [0.5, 0.6) is 0 Å². The Labute approximate surface area is 125 Å². The van der Waals surface area contributed by atoms with E-state index in [1.165, 1.54) is 0 Å². The van der Waals surface area contributed by atoms with Gasteiger partial charge in [0.05, 0.1) is 12.1 Å². The highest BCUT2D eigenvalue weighted by Crippen LogP contribution is 2.26. The summed E-state index contributed by atoms with van der Waals surface area (Å²) in [5.74, 6) is -0.460. The Hall–Kier alpha value is -1.88. The van der Waals surface area contributed by atoms with Gasteiger partial charge >= 0.3 is 5.97 Å². The van der Waals surface area contributed by atoms with Gasteiger partial charge in [-0.2, -0.15) is 0 Å². The van der Waals surface area contributed by atoms with Crippen molar-refractivity contribution >= 4 is 11.9 Å². The molecule has 1 saturated heterocycles. The van der Waals surface area contributed by atoms with Gasteiger partial charge in [-0.1, -0.05) is 12.1 Å². The number of nitrogens with zero attached hydrogens (tertiary/aromatic N) is 1. The molecule has 0 aromatic heterocycles. The average molecular weight is 290 g/mol. The first-order valence-corrected chi connectivity index (χ1v) is 7.42. The van der Waals surface area contributed by atoms with Gasteiger partial charge in [0.25, 0.3) is 0 Å². The van der Waals surface area contributed by atoms with E-state index in [4.69, 9.17) is 5.11 Å². The third kappa shape index (κ3) is 4.29. The molecule has 1 fully saturated rings. The van der Waals surface area contributed by atoms with Crippen LogP contribution in [0.4, 0.5) is 0 Å². The summed E-state index contributed by atoms with van der Waals surface area (Å²) in [6.07, 6.45) is 2.14. The fraction of sp³-hybridized carbons (Fsp3) is 0.500. The predicted molar refractivity (Wildman–Crippen MR) is 80.5 cm³/mol. The van der Waals surface area contributed by atoms with Crippen LogP contribution < -0.4 is 5.32 Å². The molecule has 1 aliphatic rings. The topological polar surface area (TPSA) is 69.6 Å². The quantitative estimate of drug-likeness (QED) is 0.866. The number of likely N-dealkylation sites (N-methyl/N-ethyl adjacent to an activating group) is 1. The number of hydrogen-bond donors (Lipinski definition) is 2. The number of aromatic carboxylic acids is 1. The molecule has 0 saturated carbocycles. The van der Waals surface area contributed by atoms with E-state index < -0.39 is 5.97 Å². The molecule has 2 rings (SSSR count). The molecule has 1 aromatic rings. The molecule has 0 unspecified atom stereocenters. The Morgan fingerprint density at radius 3 is 2.67 bits per heavy atom. The van der Waals surface area contributed by atoms with Gasteiger partial charge in [-0.25, -0.2) is 4.79 Å². The lowest BCUT2D eigenvalue weighted by Gasteiger charge is -2.32. The molecule has 0 bridgehead atoms. The second-order valence-electron chi connectivity index (χ2n) is 5.45. The van der Waals surface area contributed by atoms with Gasteiger partial charge in [0.2, 0.25) is 5.91 Å². The number of benzene rings is 1. The van der Waals surface area contributed by atoms with Gasteiger partial charge in [0.1, 0.15) is 0 Å². The van der Waals surface area contributed by atoms with Gasteiger partial charge in [-0.05, 0) is 49.9 Å². The maximum absolute atomic E-state index is 11.7. The standard InChI is InChI=1S/C16H22N2O3/c1-2-17-15(19)11-18-9-3-4-14(10-18)12-5-7-13(8-6-12)16(20)21/h5-8,14H,2-4,9-11H2,1H3,(H,17,19)(H,20,21)/t14-/m0/s1. The number of amides is 1. The first-order valence-electron chi connectivity index (χ1n) is 7.42. The normalized spacial score (nSPS) is 19.2. The van der Waals surface area contributed by atoms with E-state index >= 15 is 0 Å². The molecule has 114 valence electrons. The molecular formula is C16H22N2O3. The lowest BCUT2D eigenvalue weighted by atomic mass is 9.90. The van der Waals surface area contributed by atoms with E-state index in [1.54, 1.807) is 12.1 Å². The number of piperidine rings is 1. The zero-order valence-corrected chi connectivity index (χ0v) is 12.3. The molecule has 1 heterocycles. The summed E-state index contributed by atoms with van der Waals surface area (Å²) in [7, 11) is 0. The van der Waals surface area contributed by atoms with Crippen molar-refractivity contribution in [1.29, 1.82) is 0 Å². The van der Waals surface area contributed by atoms with Gasteiger partial charge in [-0.3, -0.25) is 9.69 Å². The number of likely N-dealkylation sites (tertiary alicyclic amines) is 1. The summed E-state index contributed by atoms with van der Waals surface area (Å²) in [5, 5.41) is 11.7. The molecule has 0 aliphatic carbocycles. The van der Waals surface area contributed by atoms with E-state index in [0.29, 0.717) is 24.6 Å². The molecule has 1 atom stereocenters. The van der Waals surface area contributed by atoms with Gasteiger partial charge in [0, 0.05) is 13.1 Å².